The summed E-state index contributed by atoms with van der Waals surface area (Å²) in [6.45, 7) is 5.23. The van der Waals surface area contributed by atoms with Crippen LogP contribution in [0, 0.1) is 5.92 Å². The third-order valence-electron chi connectivity index (χ3n) is 4.05. The first-order valence-corrected chi connectivity index (χ1v) is 6.70. The molecular weight excluding hydrogens is 224 g/mol. The average molecular weight is 244 g/mol. The SMILES string of the molecule is CC(c1cc2ccccc2o1)N1CCC(CN)C1. The van der Waals surface area contributed by atoms with Crippen molar-refractivity contribution in [1.82, 2.24) is 4.90 Å². The molecule has 1 aromatic heterocycles. The fourth-order valence-corrected chi connectivity index (χ4v) is 2.80. The summed E-state index contributed by atoms with van der Waals surface area (Å²) in [5.41, 5.74) is 6.73. The van der Waals surface area contributed by atoms with E-state index in [9.17, 15) is 0 Å². The molecule has 3 heteroatoms. The van der Waals surface area contributed by atoms with Crippen molar-refractivity contribution in [1.29, 1.82) is 0 Å². The lowest BCUT2D eigenvalue weighted by molar-refractivity contribution is 0.227. The number of hydrogen-bond acceptors (Lipinski definition) is 3. The number of hydrogen-bond donors (Lipinski definition) is 1. The van der Waals surface area contributed by atoms with Crippen LogP contribution >= 0.6 is 0 Å². The summed E-state index contributed by atoms with van der Waals surface area (Å²) in [5, 5.41) is 1.19. The van der Waals surface area contributed by atoms with E-state index in [0.717, 1.165) is 31.0 Å². The van der Waals surface area contributed by atoms with E-state index in [-0.39, 0.29) is 0 Å². The number of likely N-dealkylation sites (tertiary alicyclic amines) is 1. The van der Waals surface area contributed by atoms with Gasteiger partial charge in [0.2, 0.25) is 0 Å². The van der Waals surface area contributed by atoms with Crippen LogP contribution < -0.4 is 5.73 Å². The Labute approximate surface area is 108 Å². The van der Waals surface area contributed by atoms with E-state index in [0.29, 0.717) is 12.0 Å². The number of benzene rings is 1. The van der Waals surface area contributed by atoms with Crippen LogP contribution in [0.15, 0.2) is 34.7 Å². The van der Waals surface area contributed by atoms with Gasteiger partial charge in [0.05, 0.1) is 6.04 Å². The Morgan fingerprint density at radius 2 is 2.28 bits per heavy atom. The molecule has 0 bridgehead atoms. The van der Waals surface area contributed by atoms with Gasteiger partial charge in [0.15, 0.2) is 0 Å². The van der Waals surface area contributed by atoms with Gasteiger partial charge in [-0.15, -0.1) is 0 Å². The standard InChI is InChI=1S/C15H20N2O/c1-11(17-7-6-12(9-16)10-17)15-8-13-4-2-3-5-14(13)18-15/h2-5,8,11-12H,6-7,9-10,16H2,1H3. The molecule has 1 aliphatic rings. The van der Waals surface area contributed by atoms with E-state index >= 15 is 0 Å². The fourth-order valence-electron chi connectivity index (χ4n) is 2.80. The lowest BCUT2D eigenvalue weighted by Crippen LogP contribution is -2.25. The number of nitrogens with zero attached hydrogens (tertiary/aromatic N) is 1. The van der Waals surface area contributed by atoms with Crippen LogP contribution in [0.1, 0.15) is 25.1 Å². The van der Waals surface area contributed by atoms with E-state index in [1.807, 2.05) is 18.2 Å². The minimum absolute atomic E-state index is 0.342. The van der Waals surface area contributed by atoms with Gasteiger partial charge in [-0.25, -0.2) is 0 Å². The van der Waals surface area contributed by atoms with Crippen LogP contribution in [-0.2, 0) is 0 Å². The molecule has 3 nitrogen and oxygen atoms in total. The van der Waals surface area contributed by atoms with Crippen LogP contribution in [0.25, 0.3) is 11.0 Å². The summed E-state index contributed by atoms with van der Waals surface area (Å²) < 4.78 is 5.94. The first-order chi connectivity index (χ1) is 8.78. The summed E-state index contributed by atoms with van der Waals surface area (Å²) in [6, 6.07) is 10.7. The third-order valence-corrected chi connectivity index (χ3v) is 4.05. The van der Waals surface area contributed by atoms with Crippen LogP contribution in [0.5, 0.6) is 0 Å². The van der Waals surface area contributed by atoms with Crippen LogP contribution in [0.2, 0.25) is 0 Å². The Hall–Kier alpha value is -1.32. The van der Waals surface area contributed by atoms with Gasteiger partial charge in [-0.2, -0.15) is 0 Å². The third kappa shape index (κ3) is 2.04. The molecular formula is C15H20N2O. The van der Waals surface area contributed by atoms with Gasteiger partial charge in [-0.3, -0.25) is 4.90 Å². The summed E-state index contributed by atoms with van der Waals surface area (Å²) in [6.07, 6.45) is 1.21. The summed E-state index contributed by atoms with van der Waals surface area (Å²) in [5.74, 6) is 1.71. The highest BCUT2D eigenvalue weighted by molar-refractivity contribution is 5.77. The van der Waals surface area contributed by atoms with E-state index in [4.69, 9.17) is 10.2 Å². The second-order valence-electron chi connectivity index (χ2n) is 5.25. The van der Waals surface area contributed by atoms with Crippen molar-refractivity contribution < 1.29 is 4.42 Å². The Morgan fingerprint density at radius 3 is 3.00 bits per heavy atom. The average Bonchev–Trinajstić information content (AvgIpc) is 3.04. The smallest absolute Gasteiger partial charge is 0.134 e. The molecule has 1 aromatic carbocycles. The Bertz CT molecular complexity index is 501. The van der Waals surface area contributed by atoms with Gasteiger partial charge >= 0.3 is 0 Å². The fraction of sp³-hybridized carbons (Fsp3) is 0.467. The minimum atomic E-state index is 0.342. The highest BCUT2D eigenvalue weighted by atomic mass is 16.3. The number of para-hydroxylation sites is 1. The Balaban J connectivity index is 1.81. The van der Waals surface area contributed by atoms with E-state index in [2.05, 4.69) is 24.0 Å². The molecule has 0 amide bonds. The predicted molar refractivity (Wildman–Crippen MR) is 73.4 cm³/mol. The van der Waals surface area contributed by atoms with Crippen LogP contribution in [-0.4, -0.2) is 24.5 Å². The maximum absolute atomic E-state index is 5.94. The maximum Gasteiger partial charge on any atom is 0.134 e. The molecule has 2 heterocycles. The van der Waals surface area contributed by atoms with E-state index < -0.39 is 0 Å². The van der Waals surface area contributed by atoms with Crippen LogP contribution in [0.4, 0.5) is 0 Å². The van der Waals surface area contributed by atoms with Gasteiger partial charge in [0, 0.05) is 11.9 Å². The van der Waals surface area contributed by atoms with Crippen molar-refractivity contribution >= 4 is 11.0 Å². The van der Waals surface area contributed by atoms with Gasteiger partial charge in [0.1, 0.15) is 11.3 Å². The van der Waals surface area contributed by atoms with Gasteiger partial charge in [0.25, 0.3) is 0 Å². The monoisotopic (exact) mass is 244 g/mol. The second kappa shape index (κ2) is 4.75. The molecule has 18 heavy (non-hydrogen) atoms. The normalized spacial score (nSPS) is 22.7. The van der Waals surface area contributed by atoms with Crippen molar-refractivity contribution in [3.05, 3.63) is 36.1 Å². The van der Waals surface area contributed by atoms with Gasteiger partial charge < -0.3 is 10.2 Å². The molecule has 2 atom stereocenters. The highest BCUT2D eigenvalue weighted by Gasteiger charge is 2.27. The van der Waals surface area contributed by atoms with Gasteiger partial charge in [-0.1, -0.05) is 18.2 Å². The molecule has 0 aliphatic carbocycles. The van der Waals surface area contributed by atoms with E-state index in [1.54, 1.807) is 0 Å². The summed E-state index contributed by atoms with van der Waals surface area (Å²) >= 11 is 0. The number of furan rings is 1. The van der Waals surface area contributed by atoms with Gasteiger partial charge in [-0.05, 0) is 44.5 Å². The van der Waals surface area contributed by atoms with Crippen molar-refractivity contribution in [2.45, 2.75) is 19.4 Å². The van der Waals surface area contributed by atoms with Crippen molar-refractivity contribution in [3.8, 4) is 0 Å². The molecule has 3 rings (SSSR count). The van der Waals surface area contributed by atoms with E-state index in [1.165, 1.54) is 11.8 Å². The number of fused-ring (bicyclic) bond motifs is 1. The number of nitrogens with two attached hydrogens (primary N) is 1. The predicted octanol–water partition coefficient (Wildman–Crippen LogP) is 2.77. The first-order valence-electron chi connectivity index (χ1n) is 6.70. The summed E-state index contributed by atoms with van der Waals surface area (Å²) in [4.78, 5) is 2.47. The Morgan fingerprint density at radius 1 is 1.44 bits per heavy atom. The molecule has 2 N–H and O–H groups in total. The minimum Gasteiger partial charge on any atom is -0.459 e. The first kappa shape index (κ1) is 11.8. The molecule has 0 spiro atoms. The largest absolute Gasteiger partial charge is 0.459 e. The molecule has 1 aliphatic heterocycles. The molecule has 2 aromatic rings. The zero-order valence-electron chi connectivity index (χ0n) is 10.8. The van der Waals surface area contributed by atoms with Crippen LogP contribution in [0.3, 0.4) is 0 Å². The Kier molecular flexibility index (Phi) is 3.10. The molecule has 0 radical (unpaired) electrons. The molecule has 96 valence electrons. The molecule has 1 saturated heterocycles. The second-order valence-corrected chi connectivity index (χ2v) is 5.25. The number of rotatable bonds is 3. The van der Waals surface area contributed by atoms with Crippen molar-refractivity contribution in [3.63, 3.8) is 0 Å². The summed E-state index contributed by atoms with van der Waals surface area (Å²) in [7, 11) is 0. The lowest BCUT2D eigenvalue weighted by atomic mass is 10.1. The van der Waals surface area contributed by atoms with Crippen molar-refractivity contribution in [2.24, 2.45) is 11.7 Å². The quantitative estimate of drug-likeness (QED) is 0.902. The maximum atomic E-state index is 5.94. The molecule has 2 unspecified atom stereocenters. The molecule has 1 fully saturated rings. The zero-order valence-corrected chi connectivity index (χ0v) is 10.8. The topological polar surface area (TPSA) is 42.4 Å². The lowest BCUT2D eigenvalue weighted by Gasteiger charge is -2.22. The van der Waals surface area contributed by atoms with Crippen molar-refractivity contribution in [2.75, 3.05) is 19.6 Å². The molecule has 0 saturated carbocycles. The highest BCUT2D eigenvalue weighted by Crippen LogP contribution is 2.30. The zero-order chi connectivity index (χ0) is 12.5.